The van der Waals surface area contributed by atoms with Gasteiger partial charge in [0, 0.05) is 17.8 Å². The van der Waals surface area contributed by atoms with Crippen LogP contribution in [-0.4, -0.2) is 17.9 Å². The Bertz CT molecular complexity index is 1270. The normalized spacial score (nSPS) is 11.4. The predicted octanol–water partition coefficient (Wildman–Crippen LogP) is 6.72. The Morgan fingerprint density at radius 1 is 0.722 bits per heavy atom. The number of hydrogen-bond donors (Lipinski definition) is 2. The molecule has 0 heterocycles. The van der Waals surface area contributed by atoms with E-state index in [0.29, 0.717) is 36.4 Å². The number of amides is 2. The van der Waals surface area contributed by atoms with Crippen LogP contribution in [0.15, 0.2) is 109 Å². The zero-order chi connectivity index (χ0) is 25.2. The summed E-state index contributed by atoms with van der Waals surface area (Å²) in [6, 6.07) is 34.9. The number of aryl methyl sites for hydroxylation is 1. The minimum atomic E-state index is -0.642. The first-order valence-electron chi connectivity index (χ1n) is 12.2. The van der Waals surface area contributed by atoms with Crippen LogP contribution in [0.3, 0.4) is 0 Å². The maximum Gasteiger partial charge on any atom is 0.265 e. The second-order valence-electron chi connectivity index (χ2n) is 8.51. The van der Waals surface area contributed by atoms with E-state index in [1.165, 1.54) is 0 Å². The second-order valence-corrected chi connectivity index (χ2v) is 8.51. The Hall–Kier alpha value is -4.38. The van der Waals surface area contributed by atoms with Gasteiger partial charge in [-0.3, -0.25) is 9.59 Å². The molecule has 4 aromatic rings. The smallest absolute Gasteiger partial charge is 0.265 e. The van der Waals surface area contributed by atoms with E-state index in [4.69, 9.17) is 4.74 Å². The van der Waals surface area contributed by atoms with Gasteiger partial charge in [0.2, 0.25) is 5.91 Å². The van der Waals surface area contributed by atoms with Crippen LogP contribution in [0.4, 0.5) is 11.4 Å². The monoisotopic (exact) mass is 478 g/mol. The summed E-state index contributed by atoms with van der Waals surface area (Å²) < 4.78 is 5.98. The quantitative estimate of drug-likeness (QED) is 0.266. The lowest BCUT2D eigenvalue weighted by molar-refractivity contribution is -0.122. The summed E-state index contributed by atoms with van der Waals surface area (Å²) >= 11 is 0. The summed E-state index contributed by atoms with van der Waals surface area (Å²) in [5.74, 6) is 0.323. The van der Waals surface area contributed by atoms with Crippen LogP contribution in [0, 0.1) is 0 Å². The van der Waals surface area contributed by atoms with Gasteiger partial charge in [-0.1, -0.05) is 85.8 Å². The zero-order valence-electron chi connectivity index (χ0n) is 20.3. The standard InChI is InChI=1S/C31H30N2O3/c1-2-29(36-28-19-17-25(18-20-28)24-12-7-4-8-13-24)31(35)33-27-15-9-14-26(22-27)32-30(34)21-16-23-10-5-3-6-11-23/h3-15,17-20,22,29H,2,16,21H2,1H3,(H,32,34)(H,33,35). The maximum atomic E-state index is 12.9. The van der Waals surface area contributed by atoms with Gasteiger partial charge in [-0.25, -0.2) is 0 Å². The molecule has 0 radical (unpaired) electrons. The highest BCUT2D eigenvalue weighted by Gasteiger charge is 2.19. The first kappa shape index (κ1) is 24.7. The summed E-state index contributed by atoms with van der Waals surface area (Å²) in [6.07, 6.45) is 0.930. The first-order valence-corrected chi connectivity index (χ1v) is 12.2. The fraction of sp³-hybridized carbons (Fsp3) is 0.161. The van der Waals surface area contributed by atoms with Crippen LogP contribution < -0.4 is 15.4 Å². The van der Waals surface area contributed by atoms with E-state index in [-0.39, 0.29) is 11.8 Å². The largest absolute Gasteiger partial charge is 0.481 e. The van der Waals surface area contributed by atoms with Crippen molar-refractivity contribution in [2.75, 3.05) is 10.6 Å². The molecule has 0 bridgehead atoms. The summed E-state index contributed by atoms with van der Waals surface area (Å²) in [5.41, 5.74) is 4.57. The third-order valence-corrected chi connectivity index (χ3v) is 5.80. The van der Waals surface area contributed by atoms with Crippen molar-refractivity contribution in [2.24, 2.45) is 0 Å². The summed E-state index contributed by atoms with van der Waals surface area (Å²) in [6.45, 7) is 1.91. The Kier molecular flexibility index (Phi) is 8.49. The van der Waals surface area contributed by atoms with Crippen molar-refractivity contribution in [1.29, 1.82) is 0 Å². The van der Waals surface area contributed by atoms with Gasteiger partial charge in [-0.2, -0.15) is 0 Å². The number of nitrogens with one attached hydrogen (secondary N) is 2. The van der Waals surface area contributed by atoms with Gasteiger partial charge in [0.15, 0.2) is 6.10 Å². The number of ether oxygens (including phenoxy) is 1. The van der Waals surface area contributed by atoms with Crippen molar-refractivity contribution in [2.45, 2.75) is 32.3 Å². The van der Waals surface area contributed by atoms with Crippen molar-refractivity contribution in [3.05, 3.63) is 115 Å². The third kappa shape index (κ3) is 7.06. The minimum Gasteiger partial charge on any atom is -0.481 e. The average Bonchev–Trinajstić information content (AvgIpc) is 2.92. The second kappa shape index (κ2) is 12.4. The van der Waals surface area contributed by atoms with E-state index in [0.717, 1.165) is 16.7 Å². The Labute approximate surface area is 212 Å². The minimum absolute atomic E-state index is 0.0731. The Morgan fingerprint density at radius 2 is 1.33 bits per heavy atom. The molecular weight excluding hydrogens is 448 g/mol. The highest BCUT2D eigenvalue weighted by molar-refractivity contribution is 5.96. The lowest BCUT2D eigenvalue weighted by atomic mass is 10.1. The molecule has 1 atom stereocenters. The first-order chi connectivity index (χ1) is 17.6. The van der Waals surface area contributed by atoms with Crippen LogP contribution in [0.25, 0.3) is 11.1 Å². The molecule has 0 aromatic heterocycles. The van der Waals surface area contributed by atoms with Crippen molar-refractivity contribution in [1.82, 2.24) is 0 Å². The fourth-order valence-corrected chi connectivity index (χ4v) is 3.87. The van der Waals surface area contributed by atoms with Crippen LogP contribution in [0.1, 0.15) is 25.3 Å². The molecule has 1 unspecified atom stereocenters. The Morgan fingerprint density at radius 3 is 2.00 bits per heavy atom. The van der Waals surface area contributed by atoms with Crippen LogP contribution in [0.2, 0.25) is 0 Å². The number of benzene rings is 4. The van der Waals surface area contributed by atoms with E-state index < -0.39 is 6.10 Å². The van der Waals surface area contributed by atoms with Crippen molar-refractivity contribution < 1.29 is 14.3 Å². The molecule has 2 amide bonds. The van der Waals surface area contributed by atoms with Crippen LogP contribution in [-0.2, 0) is 16.0 Å². The van der Waals surface area contributed by atoms with Crippen molar-refractivity contribution in [3.8, 4) is 16.9 Å². The molecule has 5 heteroatoms. The highest BCUT2D eigenvalue weighted by atomic mass is 16.5. The number of hydrogen-bond acceptors (Lipinski definition) is 3. The molecule has 182 valence electrons. The van der Waals surface area contributed by atoms with E-state index in [1.54, 1.807) is 24.3 Å². The third-order valence-electron chi connectivity index (χ3n) is 5.80. The molecule has 4 aromatic carbocycles. The molecule has 0 spiro atoms. The summed E-state index contributed by atoms with van der Waals surface area (Å²) in [4.78, 5) is 25.3. The molecule has 0 aliphatic rings. The fourth-order valence-electron chi connectivity index (χ4n) is 3.87. The molecule has 0 aliphatic carbocycles. The van der Waals surface area contributed by atoms with Crippen molar-refractivity contribution >= 4 is 23.2 Å². The van der Waals surface area contributed by atoms with Crippen LogP contribution in [0.5, 0.6) is 5.75 Å². The molecule has 2 N–H and O–H groups in total. The molecule has 0 fully saturated rings. The van der Waals surface area contributed by atoms with Gasteiger partial charge in [0.25, 0.3) is 5.91 Å². The molecule has 36 heavy (non-hydrogen) atoms. The summed E-state index contributed by atoms with van der Waals surface area (Å²) in [5, 5.41) is 5.81. The number of rotatable bonds is 10. The molecule has 0 saturated carbocycles. The van der Waals surface area contributed by atoms with Gasteiger partial charge >= 0.3 is 0 Å². The topological polar surface area (TPSA) is 67.4 Å². The number of anilines is 2. The van der Waals surface area contributed by atoms with Gasteiger partial charge in [-0.15, -0.1) is 0 Å². The SMILES string of the molecule is CCC(Oc1ccc(-c2ccccc2)cc1)C(=O)Nc1cccc(NC(=O)CCc2ccccc2)c1. The maximum absolute atomic E-state index is 12.9. The number of carbonyl (C=O) groups excluding carboxylic acids is 2. The van der Waals surface area contributed by atoms with Gasteiger partial charge < -0.3 is 15.4 Å². The van der Waals surface area contributed by atoms with E-state index in [2.05, 4.69) is 22.8 Å². The number of carbonyl (C=O) groups is 2. The van der Waals surface area contributed by atoms with Crippen molar-refractivity contribution in [3.63, 3.8) is 0 Å². The molecule has 5 nitrogen and oxygen atoms in total. The van der Waals surface area contributed by atoms with Gasteiger partial charge in [0.05, 0.1) is 0 Å². The predicted molar refractivity (Wildman–Crippen MR) is 145 cm³/mol. The molecule has 4 rings (SSSR count). The summed E-state index contributed by atoms with van der Waals surface area (Å²) in [7, 11) is 0. The molecular formula is C31H30N2O3. The highest BCUT2D eigenvalue weighted by Crippen LogP contribution is 2.23. The molecule has 0 saturated heterocycles. The lowest BCUT2D eigenvalue weighted by Gasteiger charge is -2.18. The van der Waals surface area contributed by atoms with E-state index in [1.807, 2.05) is 79.7 Å². The van der Waals surface area contributed by atoms with Crippen LogP contribution >= 0.6 is 0 Å². The van der Waals surface area contributed by atoms with E-state index >= 15 is 0 Å². The molecule has 0 aliphatic heterocycles. The zero-order valence-corrected chi connectivity index (χ0v) is 20.3. The van der Waals surface area contributed by atoms with Gasteiger partial charge in [-0.05, 0) is 59.9 Å². The Balaban J connectivity index is 1.32. The van der Waals surface area contributed by atoms with Gasteiger partial charge in [0.1, 0.15) is 5.75 Å². The average molecular weight is 479 g/mol. The lowest BCUT2D eigenvalue weighted by Crippen LogP contribution is -2.32. The van der Waals surface area contributed by atoms with E-state index in [9.17, 15) is 9.59 Å².